The lowest BCUT2D eigenvalue weighted by Gasteiger charge is -2.20. The molecule has 2 N–H and O–H groups in total. The first kappa shape index (κ1) is 8.98. The number of nitrogens with one attached hydrogen (secondary N) is 2. The van der Waals surface area contributed by atoms with Crippen molar-refractivity contribution in [3.8, 4) is 0 Å². The normalized spacial score (nSPS) is 34.8. The highest BCUT2D eigenvalue weighted by atomic mass is 16.5. The standard InChI is InChI=1S/C8H10N2O4/c1-14-7(13)8-2-4(11)10-5(8)6(12)9-3-8/h5H,2-3H2,1H3,(H,9,12)(H,10,11). The molecule has 2 saturated heterocycles. The molecule has 0 saturated carbocycles. The molecule has 6 heteroatoms. The summed E-state index contributed by atoms with van der Waals surface area (Å²) in [6.07, 6.45) is 0.0169. The number of rotatable bonds is 1. The van der Waals surface area contributed by atoms with Crippen LogP contribution in [0.4, 0.5) is 0 Å². The summed E-state index contributed by atoms with van der Waals surface area (Å²) in [4.78, 5) is 33.9. The molecule has 2 aliphatic heterocycles. The molecule has 76 valence electrons. The van der Waals surface area contributed by atoms with Crippen LogP contribution < -0.4 is 10.6 Å². The summed E-state index contributed by atoms with van der Waals surface area (Å²) < 4.78 is 4.61. The van der Waals surface area contributed by atoms with Crippen molar-refractivity contribution >= 4 is 17.8 Å². The molecule has 0 bridgehead atoms. The van der Waals surface area contributed by atoms with Crippen LogP contribution >= 0.6 is 0 Å². The highest BCUT2D eigenvalue weighted by Gasteiger charge is 2.60. The van der Waals surface area contributed by atoms with E-state index in [2.05, 4.69) is 15.4 Å². The zero-order valence-electron chi connectivity index (χ0n) is 7.62. The van der Waals surface area contributed by atoms with Gasteiger partial charge in [-0.3, -0.25) is 14.4 Å². The van der Waals surface area contributed by atoms with E-state index in [9.17, 15) is 14.4 Å². The van der Waals surface area contributed by atoms with Gasteiger partial charge in [0, 0.05) is 13.0 Å². The van der Waals surface area contributed by atoms with E-state index in [1.165, 1.54) is 7.11 Å². The zero-order valence-corrected chi connectivity index (χ0v) is 7.62. The number of fused-ring (bicyclic) bond motifs is 1. The van der Waals surface area contributed by atoms with E-state index in [1.807, 2.05) is 0 Å². The summed E-state index contributed by atoms with van der Waals surface area (Å²) in [6, 6.07) is -0.762. The summed E-state index contributed by atoms with van der Waals surface area (Å²) in [6.45, 7) is 0.169. The van der Waals surface area contributed by atoms with Crippen LogP contribution in [0, 0.1) is 5.41 Å². The van der Waals surface area contributed by atoms with Gasteiger partial charge in [0.1, 0.15) is 11.5 Å². The van der Waals surface area contributed by atoms with E-state index in [0.29, 0.717) is 0 Å². The minimum absolute atomic E-state index is 0.0169. The molecule has 2 aliphatic rings. The van der Waals surface area contributed by atoms with Gasteiger partial charge >= 0.3 is 5.97 Å². The van der Waals surface area contributed by atoms with E-state index >= 15 is 0 Å². The Morgan fingerprint density at radius 1 is 1.57 bits per heavy atom. The number of esters is 1. The highest BCUT2D eigenvalue weighted by Crippen LogP contribution is 2.36. The van der Waals surface area contributed by atoms with Crippen LogP contribution in [0.1, 0.15) is 6.42 Å². The second-order valence-electron chi connectivity index (χ2n) is 3.54. The molecule has 0 spiro atoms. The molecule has 0 aromatic rings. The third kappa shape index (κ3) is 0.934. The fourth-order valence-corrected chi connectivity index (χ4v) is 2.03. The van der Waals surface area contributed by atoms with E-state index in [0.717, 1.165) is 0 Å². The molecule has 2 atom stereocenters. The molecule has 2 heterocycles. The lowest BCUT2D eigenvalue weighted by atomic mass is 9.83. The van der Waals surface area contributed by atoms with Gasteiger partial charge in [0.2, 0.25) is 11.8 Å². The fraction of sp³-hybridized carbons (Fsp3) is 0.625. The Hall–Kier alpha value is -1.59. The molecule has 0 aromatic heterocycles. The molecular formula is C8H10N2O4. The van der Waals surface area contributed by atoms with Crippen LogP contribution in [0.5, 0.6) is 0 Å². The molecule has 2 fully saturated rings. The average molecular weight is 198 g/mol. The largest absolute Gasteiger partial charge is 0.468 e. The molecule has 6 nitrogen and oxygen atoms in total. The maximum atomic E-state index is 11.5. The van der Waals surface area contributed by atoms with Gasteiger partial charge in [0.05, 0.1) is 7.11 Å². The number of carbonyl (C=O) groups is 3. The lowest BCUT2D eigenvalue weighted by Crippen LogP contribution is -2.44. The van der Waals surface area contributed by atoms with Crippen molar-refractivity contribution < 1.29 is 19.1 Å². The van der Waals surface area contributed by atoms with E-state index in [4.69, 9.17) is 0 Å². The summed E-state index contributed by atoms with van der Waals surface area (Å²) in [5.74, 6) is -1.12. The van der Waals surface area contributed by atoms with Crippen molar-refractivity contribution in [3.05, 3.63) is 0 Å². The van der Waals surface area contributed by atoms with E-state index in [1.54, 1.807) is 0 Å². The number of hydrogen-bond acceptors (Lipinski definition) is 4. The predicted octanol–water partition coefficient (Wildman–Crippen LogP) is -1.84. The molecule has 14 heavy (non-hydrogen) atoms. The van der Waals surface area contributed by atoms with Gasteiger partial charge in [-0.05, 0) is 0 Å². The Balaban J connectivity index is 2.36. The van der Waals surface area contributed by atoms with Crippen LogP contribution in [-0.2, 0) is 19.1 Å². The zero-order chi connectivity index (χ0) is 10.3. The lowest BCUT2D eigenvalue weighted by molar-refractivity contribution is -0.152. The number of methoxy groups -OCH3 is 1. The minimum atomic E-state index is -1.02. The Bertz CT molecular complexity index is 327. The highest BCUT2D eigenvalue weighted by molar-refractivity contribution is 6.03. The van der Waals surface area contributed by atoms with Crippen molar-refractivity contribution in [2.75, 3.05) is 13.7 Å². The molecule has 2 unspecified atom stereocenters. The Kier molecular flexibility index (Phi) is 1.73. The third-order valence-corrected chi connectivity index (χ3v) is 2.77. The molecule has 2 rings (SSSR count). The quantitative estimate of drug-likeness (QED) is 0.485. The number of carbonyl (C=O) groups excluding carboxylic acids is 3. The number of amides is 2. The molecule has 0 aliphatic carbocycles. The molecule has 0 radical (unpaired) electrons. The topological polar surface area (TPSA) is 84.5 Å². The summed E-state index contributed by atoms with van der Waals surface area (Å²) in [7, 11) is 1.25. The Morgan fingerprint density at radius 3 is 2.93 bits per heavy atom. The molecular weight excluding hydrogens is 188 g/mol. The van der Waals surface area contributed by atoms with Crippen molar-refractivity contribution in [1.29, 1.82) is 0 Å². The first-order valence-corrected chi connectivity index (χ1v) is 4.25. The third-order valence-electron chi connectivity index (χ3n) is 2.77. The smallest absolute Gasteiger partial charge is 0.316 e. The van der Waals surface area contributed by atoms with Gasteiger partial charge in [-0.25, -0.2) is 0 Å². The fourth-order valence-electron chi connectivity index (χ4n) is 2.03. The van der Waals surface area contributed by atoms with Crippen molar-refractivity contribution in [2.24, 2.45) is 5.41 Å². The second kappa shape index (κ2) is 2.70. The van der Waals surface area contributed by atoms with Crippen LogP contribution in [0.3, 0.4) is 0 Å². The van der Waals surface area contributed by atoms with Crippen molar-refractivity contribution in [1.82, 2.24) is 10.6 Å². The second-order valence-corrected chi connectivity index (χ2v) is 3.54. The maximum absolute atomic E-state index is 11.5. The average Bonchev–Trinajstić information content (AvgIpc) is 2.64. The Morgan fingerprint density at radius 2 is 2.29 bits per heavy atom. The SMILES string of the molecule is COC(=O)C12CNC(=O)C1NC(=O)C2. The van der Waals surface area contributed by atoms with Crippen LogP contribution in [0.25, 0.3) is 0 Å². The molecule has 2 amide bonds. The molecule has 0 aromatic carbocycles. The monoisotopic (exact) mass is 198 g/mol. The van der Waals surface area contributed by atoms with Gasteiger partial charge in [-0.1, -0.05) is 0 Å². The summed E-state index contributed by atoms with van der Waals surface area (Å²) in [5, 5.41) is 5.01. The van der Waals surface area contributed by atoms with Gasteiger partial charge < -0.3 is 15.4 Å². The van der Waals surface area contributed by atoms with Crippen molar-refractivity contribution in [3.63, 3.8) is 0 Å². The minimum Gasteiger partial charge on any atom is -0.468 e. The van der Waals surface area contributed by atoms with Gasteiger partial charge in [0.25, 0.3) is 0 Å². The Labute approximate surface area is 80.0 Å². The predicted molar refractivity (Wildman–Crippen MR) is 44.0 cm³/mol. The number of ether oxygens (including phenoxy) is 1. The van der Waals surface area contributed by atoms with Gasteiger partial charge in [-0.2, -0.15) is 0 Å². The van der Waals surface area contributed by atoms with Gasteiger partial charge in [0.15, 0.2) is 0 Å². The summed E-state index contributed by atoms with van der Waals surface area (Å²) in [5.41, 5.74) is -1.02. The van der Waals surface area contributed by atoms with Crippen LogP contribution in [-0.4, -0.2) is 37.5 Å². The van der Waals surface area contributed by atoms with Crippen LogP contribution in [0.15, 0.2) is 0 Å². The van der Waals surface area contributed by atoms with Gasteiger partial charge in [-0.15, -0.1) is 0 Å². The summed E-state index contributed by atoms with van der Waals surface area (Å²) >= 11 is 0. The first-order chi connectivity index (χ1) is 6.60. The van der Waals surface area contributed by atoms with Crippen LogP contribution in [0.2, 0.25) is 0 Å². The van der Waals surface area contributed by atoms with E-state index < -0.39 is 17.4 Å². The maximum Gasteiger partial charge on any atom is 0.316 e. The first-order valence-electron chi connectivity index (χ1n) is 4.25. The number of hydrogen-bond donors (Lipinski definition) is 2. The van der Waals surface area contributed by atoms with E-state index in [-0.39, 0.29) is 24.8 Å². The van der Waals surface area contributed by atoms with Crippen molar-refractivity contribution in [2.45, 2.75) is 12.5 Å².